The number of hydrogen-bond donors (Lipinski definition) is 0. The van der Waals surface area contributed by atoms with Gasteiger partial charge in [-0.3, -0.25) is 9.78 Å². The highest BCUT2D eigenvalue weighted by molar-refractivity contribution is 5.72. The zero-order valence-electron chi connectivity index (χ0n) is 9.32. The van der Waals surface area contributed by atoms with Gasteiger partial charge < -0.3 is 9.47 Å². The molecule has 0 aliphatic heterocycles. The molecule has 0 aromatic carbocycles. The van der Waals surface area contributed by atoms with E-state index in [0.29, 0.717) is 17.9 Å². The second kappa shape index (κ2) is 6.46. The molecule has 0 spiro atoms. The normalized spacial score (nSPS) is 8.88. The summed E-state index contributed by atoms with van der Waals surface area (Å²) in [5, 5.41) is 0. The molecule has 1 heterocycles. The number of carbonyl (C=O) groups excluding carboxylic acids is 1. The van der Waals surface area contributed by atoms with E-state index in [0.717, 1.165) is 0 Å². The Kier molecular flexibility index (Phi) is 4.87. The molecular formula is C12H13NO3. The quantitative estimate of drug-likeness (QED) is 0.569. The van der Waals surface area contributed by atoms with Gasteiger partial charge in [0.1, 0.15) is 12.2 Å². The van der Waals surface area contributed by atoms with Crippen LogP contribution in [0, 0.1) is 11.8 Å². The van der Waals surface area contributed by atoms with Crippen LogP contribution in [0.1, 0.15) is 18.9 Å². The van der Waals surface area contributed by atoms with E-state index in [2.05, 4.69) is 16.8 Å². The van der Waals surface area contributed by atoms with Crippen molar-refractivity contribution in [2.75, 3.05) is 13.7 Å². The maximum absolute atomic E-state index is 11.0. The molecular weight excluding hydrogens is 206 g/mol. The van der Waals surface area contributed by atoms with Crippen molar-refractivity contribution in [3.63, 3.8) is 0 Å². The minimum Gasteiger partial charge on any atom is -0.495 e. The fourth-order valence-corrected chi connectivity index (χ4v) is 1.03. The summed E-state index contributed by atoms with van der Waals surface area (Å²) in [6.45, 7) is 2.14. The first-order valence-corrected chi connectivity index (χ1v) is 4.89. The molecule has 0 bridgehead atoms. The highest BCUT2D eigenvalue weighted by Gasteiger charge is 1.96. The van der Waals surface area contributed by atoms with Crippen LogP contribution >= 0.6 is 0 Å². The summed E-state index contributed by atoms with van der Waals surface area (Å²) in [6.07, 6.45) is 3.29. The van der Waals surface area contributed by atoms with Crippen molar-refractivity contribution < 1.29 is 14.3 Å². The largest absolute Gasteiger partial charge is 0.495 e. The van der Waals surface area contributed by atoms with Crippen LogP contribution in [-0.4, -0.2) is 24.7 Å². The van der Waals surface area contributed by atoms with E-state index in [1.807, 2.05) is 0 Å². The molecule has 0 N–H and O–H groups in total. The second-order valence-corrected chi connectivity index (χ2v) is 2.90. The minimum atomic E-state index is -0.314. The SMILES string of the molecule is CCOC(=O)CC#Cc1cncc(OC)c1. The lowest BCUT2D eigenvalue weighted by Gasteiger charge is -1.97. The molecule has 16 heavy (non-hydrogen) atoms. The monoisotopic (exact) mass is 219 g/mol. The van der Waals surface area contributed by atoms with Gasteiger partial charge in [-0.15, -0.1) is 0 Å². The lowest BCUT2D eigenvalue weighted by atomic mass is 10.2. The summed E-state index contributed by atoms with van der Waals surface area (Å²) >= 11 is 0. The molecule has 0 saturated heterocycles. The van der Waals surface area contributed by atoms with Crippen LogP contribution in [0.3, 0.4) is 0 Å². The first-order valence-electron chi connectivity index (χ1n) is 4.89. The number of pyridine rings is 1. The second-order valence-electron chi connectivity index (χ2n) is 2.90. The third kappa shape index (κ3) is 4.01. The van der Waals surface area contributed by atoms with E-state index >= 15 is 0 Å². The van der Waals surface area contributed by atoms with Gasteiger partial charge in [0, 0.05) is 11.8 Å². The first-order chi connectivity index (χ1) is 7.76. The van der Waals surface area contributed by atoms with Gasteiger partial charge in [0.2, 0.25) is 0 Å². The number of rotatable bonds is 3. The van der Waals surface area contributed by atoms with E-state index < -0.39 is 0 Å². The fourth-order valence-electron chi connectivity index (χ4n) is 1.03. The molecule has 0 aliphatic rings. The Morgan fingerprint density at radius 3 is 3.00 bits per heavy atom. The van der Waals surface area contributed by atoms with Crippen LogP contribution in [-0.2, 0) is 9.53 Å². The minimum absolute atomic E-state index is 0.0883. The number of nitrogens with zero attached hydrogens (tertiary/aromatic N) is 1. The van der Waals surface area contributed by atoms with Gasteiger partial charge in [-0.25, -0.2) is 0 Å². The third-order valence-electron chi connectivity index (χ3n) is 1.72. The number of hydrogen-bond acceptors (Lipinski definition) is 4. The maximum atomic E-state index is 11.0. The van der Waals surface area contributed by atoms with Crippen LogP contribution < -0.4 is 4.74 Å². The predicted octanol–water partition coefficient (Wildman–Crippen LogP) is 1.39. The van der Waals surface area contributed by atoms with E-state index in [4.69, 9.17) is 9.47 Å². The maximum Gasteiger partial charge on any atom is 0.317 e. The van der Waals surface area contributed by atoms with E-state index in [1.54, 1.807) is 32.5 Å². The average Bonchev–Trinajstić information content (AvgIpc) is 2.30. The van der Waals surface area contributed by atoms with E-state index in [9.17, 15) is 4.79 Å². The van der Waals surface area contributed by atoms with E-state index in [1.165, 1.54) is 0 Å². The summed E-state index contributed by atoms with van der Waals surface area (Å²) in [5.41, 5.74) is 0.712. The molecule has 0 unspecified atom stereocenters. The molecule has 0 amide bonds. The molecule has 0 atom stereocenters. The van der Waals surface area contributed by atoms with Gasteiger partial charge in [-0.05, 0) is 13.0 Å². The Morgan fingerprint density at radius 1 is 1.50 bits per heavy atom. The third-order valence-corrected chi connectivity index (χ3v) is 1.72. The summed E-state index contributed by atoms with van der Waals surface area (Å²) in [7, 11) is 1.56. The fraction of sp³-hybridized carbons (Fsp3) is 0.333. The topological polar surface area (TPSA) is 48.4 Å². The molecule has 1 rings (SSSR count). The van der Waals surface area contributed by atoms with Crippen molar-refractivity contribution in [1.29, 1.82) is 0 Å². The number of methoxy groups -OCH3 is 1. The predicted molar refractivity (Wildman–Crippen MR) is 58.9 cm³/mol. The molecule has 4 nitrogen and oxygen atoms in total. The Hall–Kier alpha value is -2.02. The Balaban J connectivity index is 2.59. The van der Waals surface area contributed by atoms with Crippen molar-refractivity contribution in [2.45, 2.75) is 13.3 Å². The number of esters is 1. The van der Waals surface area contributed by atoms with Crippen molar-refractivity contribution in [2.24, 2.45) is 0 Å². The highest BCUT2D eigenvalue weighted by atomic mass is 16.5. The van der Waals surface area contributed by atoms with Gasteiger partial charge in [-0.2, -0.15) is 0 Å². The zero-order chi connectivity index (χ0) is 11.8. The average molecular weight is 219 g/mol. The number of ether oxygens (including phenoxy) is 2. The van der Waals surface area contributed by atoms with Gasteiger partial charge in [-0.1, -0.05) is 11.8 Å². The smallest absolute Gasteiger partial charge is 0.317 e. The molecule has 0 fully saturated rings. The van der Waals surface area contributed by atoms with Gasteiger partial charge in [0.15, 0.2) is 0 Å². The molecule has 1 aromatic rings. The molecule has 0 aliphatic carbocycles. The highest BCUT2D eigenvalue weighted by Crippen LogP contribution is 2.08. The summed E-state index contributed by atoms with van der Waals surface area (Å²) in [5.74, 6) is 5.86. The lowest BCUT2D eigenvalue weighted by molar-refractivity contribution is -0.141. The van der Waals surface area contributed by atoms with Crippen molar-refractivity contribution in [1.82, 2.24) is 4.98 Å². The van der Waals surface area contributed by atoms with Crippen molar-refractivity contribution in [3.8, 4) is 17.6 Å². The Labute approximate surface area is 94.6 Å². The summed E-state index contributed by atoms with van der Waals surface area (Å²) in [4.78, 5) is 14.9. The van der Waals surface area contributed by atoms with Crippen LogP contribution in [0.2, 0.25) is 0 Å². The van der Waals surface area contributed by atoms with Crippen molar-refractivity contribution >= 4 is 5.97 Å². The van der Waals surface area contributed by atoms with Crippen LogP contribution in [0.5, 0.6) is 5.75 Å². The number of aromatic nitrogens is 1. The Bertz CT molecular complexity index is 418. The lowest BCUT2D eigenvalue weighted by Crippen LogP contribution is -2.01. The number of carbonyl (C=O) groups is 1. The summed E-state index contributed by atoms with van der Waals surface area (Å²) < 4.78 is 9.74. The standard InChI is InChI=1S/C12H13NO3/c1-3-16-12(14)6-4-5-10-7-11(15-2)9-13-8-10/h7-9H,3,6H2,1-2H3. The first kappa shape index (κ1) is 12.1. The van der Waals surface area contributed by atoms with Gasteiger partial charge in [0.25, 0.3) is 0 Å². The van der Waals surface area contributed by atoms with Gasteiger partial charge in [0.05, 0.1) is 19.9 Å². The molecule has 84 valence electrons. The Morgan fingerprint density at radius 2 is 2.31 bits per heavy atom. The molecule has 0 radical (unpaired) electrons. The van der Waals surface area contributed by atoms with Gasteiger partial charge >= 0.3 is 5.97 Å². The zero-order valence-corrected chi connectivity index (χ0v) is 9.32. The molecule has 4 heteroatoms. The van der Waals surface area contributed by atoms with E-state index in [-0.39, 0.29) is 12.4 Å². The molecule has 1 aromatic heterocycles. The van der Waals surface area contributed by atoms with Crippen LogP contribution in [0.15, 0.2) is 18.5 Å². The van der Waals surface area contributed by atoms with Crippen molar-refractivity contribution in [3.05, 3.63) is 24.0 Å². The molecule has 0 saturated carbocycles. The van der Waals surface area contributed by atoms with Crippen LogP contribution in [0.25, 0.3) is 0 Å². The summed E-state index contributed by atoms with van der Waals surface area (Å²) in [6, 6.07) is 1.76. The van der Waals surface area contributed by atoms with Crippen LogP contribution in [0.4, 0.5) is 0 Å².